The van der Waals surface area contributed by atoms with Crippen LogP contribution in [-0.2, 0) is 4.74 Å². The van der Waals surface area contributed by atoms with E-state index in [9.17, 15) is 9.18 Å². The van der Waals surface area contributed by atoms with Gasteiger partial charge in [0.25, 0.3) is 5.91 Å². The highest BCUT2D eigenvalue weighted by molar-refractivity contribution is 5.99. The molecule has 0 spiro atoms. The van der Waals surface area contributed by atoms with Gasteiger partial charge in [0.15, 0.2) is 5.76 Å². The van der Waals surface area contributed by atoms with Crippen LogP contribution < -0.4 is 5.32 Å². The number of hydrogen-bond donors (Lipinski definition) is 1. The maximum Gasteiger partial charge on any atom is 0.256 e. The van der Waals surface area contributed by atoms with Crippen molar-refractivity contribution in [2.45, 2.75) is 0 Å². The first-order chi connectivity index (χ1) is 11.2. The first-order valence-electron chi connectivity index (χ1n) is 7.53. The molecule has 1 aliphatic heterocycles. The molecule has 0 bridgehead atoms. The number of benzene rings is 1. The molecule has 1 aromatic carbocycles. The highest BCUT2D eigenvalue weighted by atomic mass is 19.1. The minimum Gasteiger partial charge on any atom is -0.379 e. The summed E-state index contributed by atoms with van der Waals surface area (Å²) < 4.78 is 23.4. The summed E-state index contributed by atoms with van der Waals surface area (Å²) in [5.74, 6) is -0.252. The summed E-state index contributed by atoms with van der Waals surface area (Å²) in [6.45, 7) is 4.52. The summed E-state index contributed by atoms with van der Waals surface area (Å²) >= 11 is 0. The van der Waals surface area contributed by atoms with E-state index in [0.717, 1.165) is 32.8 Å². The molecule has 0 aliphatic carbocycles. The van der Waals surface area contributed by atoms with Crippen molar-refractivity contribution < 1.29 is 18.4 Å². The average molecular weight is 319 g/mol. The Bertz CT molecular complexity index is 651. The third-order valence-electron chi connectivity index (χ3n) is 3.74. The zero-order valence-electron chi connectivity index (χ0n) is 12.6. The third-order valence-corrected chi connectivity index (χ3v) is 3.74. The Balaban J connectivity index is 1.59. The molecule has 6 nitrogen and oxygen atoms in total. The molecule has 7 heteroatoms. The molecule has 122 valence electrons. The summed E-state index contributed by atoms with van der Waals surface area (Å²) in [5, 5.41) is 6.54. The Kier molecular flexibility index (Phi) is 4.99. The Morgan fingerprint density at radius 3 is 2.74 bits per heavy atom. The fourth-order valence-corrected chi connectivity index (χ4v) is 2.46. The zero-order chi connectivity index (χ0) is 16.1. The van der Waals surface area contributed by atoms with Crippen molar-refractivity contribution in [2.24, 2.45) is 0 Å². The van der Waals surface area contributed by atoms with Gasteiger partial charge in [-0.15, -0.1) is 0 Å². The number of ether oxygens (including phenoxy) is 1. The largest absolute Gasteiger partial charge is 0.379 e. The second kappa shape index (κ2) is 7.34. The maximum absolute atomic E-state index is 13.0. The number of aromatic nitrogens is 1. The van der Waals surface area contributed by atoms with E-state index < -0.39 is 0 Å². The van der Waals surface area contributed by atoms with Gasteiger partial charge in [-0.25, -0.2) is 4.39 Å². The van der Waals surface area contributed by atoms with E-state index in [4.69, 9.17) is 9.26 Å². The predicted molar refractivity (Wildman–Crippen MR) is 81.5 cm³/mol. The lowest BCUT2D eigenvalue weighted by Gasteiger charge is -2.26. The molecule has 2 heterocycles. The Morgan fingerprint density at radius 2 is 2.00 bits per heavy atom. The molecule has 1 saturated heterocycles. The Morgan fingerprint density at radius 1 is 1.26 bits per heavy atom. The van der Waals surface area contributed by atoms with Crippen molar-refractivity contribution in [2.75, 3.05) is 39.4 Å². The molecule has 1 N–H and O–H groups in total. The van der Waals surface area contributed by atoms with Gasteiger partial charge in [-0.3, -0.25) is 9.69 Å². The van der Waals surface area contributed by atoms with Gasteiger partial charge in [0.2, 0.25) is 0 Å². The number of carbonyl (C=O) groups excluding carboxylic acids is 1. The van der Waals surface area contributed by atoms with E-state index in [0.29, 0.717) is 23.4 Å². The molecular weight excluding hydrogens is 301 g/mol. The number of rotatable bonds is 5. The van der Waals surface area contributed by atoms with Crippen LogP contribution in [0.1, 0.15) is 10.4 Å². The predicted octanol–water partition coefficient (Wildman–Crippen LogP) is 1.54. The molecule has 2 aromatic rings. The van der Waals surface area contributed by atoms with Crippen LogP contribution in [0, 0.1) is 5.82 Å². The van der Waals surface area contributed by atoms with Gasteiger partial charge in [0, 0.05) is 31.7 Å². The molecule has 1 fully saturated rings. The van der Waals surface area contributed by atoms with Crippen molar-refractivity contribution in [3.05, 3.63) is 41.8 Å². The van der Waals surface area contributed by atoms with Crippen LogP contribution in [0.25, 0.3) is 11.3 Å². The van der Waals surface area contributed by atoms with E-state index in [1.807, 2.05) is 0 Å². The van der Waals surface area contributed by atoms with Crippen LogP contribution in [0.2, 0.25) is 0 Å². The minimum absolute atomic E-state index is 0.251. The number of hydrogen-bond acceptors (Lipinski definition) is 5. The van der Waals surface area contributed by atoms with Crippen LogP contribution >= 0.6 is 0 Å². The second-order valence-corrected chi connectivity index (χ2v) is 5.29. The third kappa shape index (κ3) is 3.94. The van der Waals surface area contributed by atoms with Gasteiger partial charge < -0.3 is 14.6 Å². The summed E-state index contributed by atoms with van der Waals surface area (Å²) in [7, 11) is 0. The van der Waals surface area contributed by atoms with Crippen molar-refractivity contribution in [1.29, 1.82) is 0 Å². The lowest BCUT2D eigenvalue weighted by Crippen LogP contribution is -2.41. The van der Waals surface area contributed by atoms with Crippen LogP contribution in [0.4, 0.5) is 4.39 Å². The fourth-order valence-electron chi connectivity index (χ4n) is 2.46. The molecular formula is C16H18FN3O3. The first-order valence-corrected chi connectivity index (χ1v) is 7.53. The molecule has 0 atom stereocenters. The first kappa shape index (κ1) is 15.6. The van der Waals surface area contributed by atoms with Crippen molar-refractivity contribution in [3.63, 3.8) is 0 Å². The average Bonchev–Trinajstić information content (AvgIpc) is 3.06. The number of halogens is 1. The minimum atomic E-state index is -0.343. The molecule has 23 heavy (non-hydrogen) atoms. The molecule has 0 saturated carbocycles. The summed E-state index contributed by atoms with van der Waals surface area (Å²) in [6.07, 6.45) is 1.38. The highest BCUT2D eigenvalue weighted by Gasteiger charge is 2.18. The zero-order valence-corrected chi connectivity index (χ0v) is 12.6. The van der Waals surface area contributed by atoms with Gasteiger partial charge in [0.1, 0.15) is 11.4 Å². The van der Waals surface area contributed by atoms with Gasteiger partial charge in [0.05, 0.1) is 19.4 Å². The number of amides is 1. The van der Waals surface area contributed by atoms with Gasteiger partial charge >= 0.3 is 0 Å². The van der Waals surface area contributed by atoms with Crippen LogP contribution in [0.5, 0.6) is 0 Å². The van der Waals surface area contributed by atoms with E-state index in [-0.39, 0.29) is 11.7 Å². The van der Waals surface area contributed by atoms with Crippen LogP contribution in [0.15, 0.2) is 35.0 Å². The number of carbonyl (C=O) groups is 1. The van der Waals surface area contributed by atoms with Gasteiger partial charge in [-0.2, -0.15) is 0 Å². The van der Waals surface area contributed by atoms with Gasteiger partial charge in [-0.1, -0.05) is 5.16 Å². The number of nitrogens with one attached hydrogen (secondary N) is 1. The van der Waals surface area contributed by atoms with Crippen LogP contribution in [0.3, 0.4) is 0 Å². The molecule has 1 aliphatic rings. The SMILES string of the molecule is O=C(NCCN1CCOCC1)c1cnoc1-c1ccc(F)cc1. The molecule has 1 aromatic heterocycles. The van der Waals surface area contributed by atoms with Crippen molar-refractivity contribution in [1.82, 2.24) is 15.4 Å². The lowest BCUT2D eigenvalue weighted by molar-refractivity contribution is 0.0383. The Hall–Kier alpha value is -2.25. The number of morpholine rings is 1. The van der Waals surface area contributed by atoms with Gasteiger partial charge in [-0.05, 0) is 24.3 Å². The summed E-state index contributed by atoms with van der Waals surface area (Å²) in [5.41, 5.74) is 0.959. The molecule has 0 unspecified atom stereocenters. The highest BCUT2D eigenvalue weighted by Crippen LogP contribution is 2.23. The summed E-state index contributed by atoms with van der Waals surface area (Å²) in [6, 6.07) is 5.75. The lowest BCUT2D eigenvalue weighted by atomic mass is 10.1. The quantitative estimate of drug-likeness (QED) is 0.905. The van der Waals surface area contributed by atoms with Crippen molar-refractivity contribution in [3.8, 4) is 11.3 Å². The second-order valence-electron chi connectivity index (χ2n) is 5.29. The van der Waals surface area contributed by atoms with Crippen molar-refractivity contribution >= 4 is 5.91 Å². The topological polar surface area (TPSA) is 67.6 Å². The monoisotopic (exact) mass is 319 g/mol. The van der Waals surface area contributed by atoms with E-state index in [1.54, 1.807) is 12.1 Å². The normalized spacial score (nSPS) is 15.5. The summed E-state index contributed by atoms with van der Waals surface area (Å²) in [4.78, 5) is 14.5. The van der Waals surface area contributed by atoms with E-state index in [1.165, 1.54) is 18.3 Å². The van der Waals surface area contributed by atoms with E-state index in [2.05, 4.69) is 15.4 Å². The Labute approximate surface area is 133 Å². The fraction of sp³-hybridized carbons (Fsp3) is 0.375. The molecule has 3 rings (SSSR count). The smallest absolute Gasteiger partial charge is 0.256 e. The van der Waals surface area contributed by atoms with Crippen LogP contribution in [-0.4, -0.2) is 55.4 Å². The maximum atomic E-state index is 13.0. The molecule has 0 radical (unpaired) electrons. The molecule has 1 amide bonds. The van der Waals surface area contributed by atoms with E-state index >= 15 is 0 Å². The number of nitrogens with zero attached hydrogens (tertiary/aromatic N) is 2. The standard InChI is InChI=1S/C16H18FN3O3/c17-13-3-1-12(2-4-13)15-14(11-19-23-15)16(21)18-5-6-20-7-9-22-10-8-20/h1-4,11H,5-10H2,(H,18,21).